The van der Waals surface area contributed by atoms with E-state index in [0.717, 1.165) is 0 Å². The summed E-state index contributed by atoms with van der Waals surface area (Å²) >= 11 is 0. The number of aryl methyl sites for hydroxylation is 1. The maximum atomic E-state index is 12.1. The molecule has 0 fully saturated rings. The van der Waals surface area contributed by atoms with Gasteiger partial charge in [0.05, 0.1) is 12.7 Å². The first kappa shape index (κ1) is 18.9. The number of rotatable bonds is 7. The number of hydrogen-bond donors (Lipinski definition) is 1. The molecule has 1 heterocycles. The van der Waals surface area contributed by atoms with Crippen molar-refractivity contribution >= 4 is 23.4 Å². The lowest BCUT2D eigenvalue weighted by atomic mass is 10.1. The number of hydrogen-bond acceptors (Lipinski definition) is 6. The van der Waals surface area contributed by atoms with Crippen LogP contribution in [-0.2, 0) is 4.79 Å². The van der Waals surface area contributed by atoms with E-state index < -0.39 is 5.91 Å². The number of amides is 1. The Bertz CT molecular complexity index is 888. The molecular weight excluding hydrogens is 336 g/mol. The molecule has 1 N–H and O–H groups in total. The molecule has 0 aliphatic rings. The Balaban J connectivity index is 2.01. The number of ether oxygens (including phenoxy) is 1. The van der Waals surface area contributed by atoms with Gasteiger partial charge in [-0.15, -0.1) is 0 Å². The van der Waals surface area contributed by atoms with Gasteiger partial charge in [-0.05, 0) is 38.1 Å². The quantitative estimate of drug-likeness (QED) is 0.764. The predicted octanol–water partition coefficient (Wildman–Crippen LogP) is 3.27. The first-order chi connectivity index (χ1) is 12.4. The Hall–Kier alpha value is -3.40. The van der Waals surface area contributed by atoms with Gasteiger partial charge in [-0.1, -0.05) is 0 Å². The van der Waals surface area contributed by atoms with Crippen LogP contribution < -0.4 is 10.1 Å². The number of anilines is 1. The van der Waals surface area contributed by atoms with E-state index in [1.807, 2.05) is 6.07 Å². The molecule has 0 unspecified atom stereocenters. The van der Waals surface area contributed by atoms with E-state index in [0.29, 0.717) is 11.3 Å². The number of methoxy groups -OCH3 is 1. The van der Waals surface area contributed by atoms with Crippen LogP contribution in [0.4, 0.5) is 5.88 Å². The van der Waals surface area contributed by atoms with Crippen LogP contribution in [0.25, 0.3) is 0 Å². The van der Waals surface area contributed by atoms with Gasteiger partial charge >= 0.3 is 0 Å². The van der Waals surface area contributed by atoms with Crippen molar-refractivity contribution in [2.24, 2.45) is 0 Å². The fourth-order valence-corrected chi connectivity index (χ4v) is 2.50. The number of ketones is 2. The van der Waals surface area contributed by atoms with Crippen molar-refractivity contribution in [1.29, 1.82) is 5.26 Å². The van der Waals surface area contributed by atoms with Gasteiger partial charge in [-0.3, -0.25) is 19.7 Å². The monoisotopic (exact) mass is 354 g/mol. The highest BCUT2D eigenvalue weighted by Crippen LogP contribution is 2.27. The number of nitrogens with one attached hydrogen (secondary N) is 1. The van der Waals surface area contributed by atoms with Crippen molar-refractivity contribution in [1.82, 2.24) is 0 Å². The van der Waals surface area contributed by atoms with Crippen LogP contribution in [0.3, 0.4) is 0 Å². The number of carbonyl (C=O) groups is 3. The molecular formula is C19H18N2O5. The minimum Gasteiger partial charge on any atom is -0.497 e. The van der Waals surface area contributed by atoms with E-state index in [1.54, 1.807) is 31.2 Å². The van der Waals surface area contributed by atoms with Crippen LogP contribution in [-0.4, -0.2) is 24.6 Å². The molecule has 0 radical (unpaired) electrons. The molecule has 2 rings (SSSR count). The molecule has 1 amide bonds. The Kier molecular flexibility index (Phi) is 5.91. The van der Waals surface area contributed by atoms with Gasteiger partial charge in [-0.2, -0.15) is 5.26 Å². The summed E-state index contributed by atoms with van der Waals surface area (Å²) < 4.78 is 10.3. The van der Waals surface area contributed by atoms with Crippen LogP contribution in [0.1, 0.15) is 51.8 Å². The van der Waals surface area contributed by atoms with Gasteiger partial charge < -0.3 is 9.15 Å². The highest BCUT2D eigenvalue weighted by atomic mass is 16.5. The van der Waals surface area contributed by atoms with E-state index in [2.05, 4.69) is 5.32 Å². The average molecular weight is 354 g/mol. The topological polar surface area (TPSA) is 109 Å². The van der Waals surface area contributed by atoms with Crippen LogP contribution in [0.2, 0.25) is 0 Å². The molecule has 26 heavy (non-hydrogen) atoms. The van der Waals surface area contributed by atoms with Crippen LogP contribution in [0, 0.1) is 18.3 Å². The second kappa shape index (κ2) is 8.12. The third-order valence-corrected chi connectivity index (χ3v) is 3.79. The molecule has 2 aromatic rings. The van der Waals surface area contributed by atoms with E-state index >= 15 is 0 Å². The Morgan fingerprint density at radius 2 is 1.85 bits per heavy atom. The van der Waals surface area contributed by atoms with Crippen LogP contribution >= 0.6 is 0 Å². The molecule has 1 aromatic heterocycles. The van der Waals surface area contributed by atoms with Crippen molar-refractivity contribution in [3.8, 4) is 11.8 Å². The zero-order valence-corrected chi connectivity index (χ0v) is 14.7. The summed E-state index contributed by atoms with van der Waals surface area (Å²) in [6.45, 7) is 2.86. The summed E-state index contributed by atoms with van der Waals surface area (Å²) in [6.07, 6.45) is -0.0792. The third-order valence-electron chi connectivity index (χ3n) is 3.79. The summed E-state index contributed by atoms with van der Waals surface area (Å²) in [5.41, 5.74) is 0.617. The molecule has 0 saturated heterocycles. The molecule has 0 bridgehead atoms. The Labute approximate surface area is 150 Å². The summed E-state index contributed by atoms with van der Waals surface area (Å²) in [7, 11) is 1.53. The van der Waals surface area contributed by atoms with E-state index in [9.17, 15) is 19.6 Å². The van der Waals surface area contributed by atoms with Gasteiger partial charge in [0, 0.05) is 18.4 Å². The maximum absolute atomic E-state index is 12.1. The molecule has 0 atom stereocenters. The molecule has 134 valence electrons. The fourth-order valence-electron chi connectivity index (χ4n) is 2.50. The molecule has 0 spiro atoms. The molecule has 0 saturated carbocycles. The van der Waals surface area contributed by atoms with Crippen LogP contribution in [0.5, 0.6) is 5.75 Å². The molecule has 7 heteroatoms. The minimum absolute atomic E-state index is 0.000689. The summed E-state index contributed by atoms with van der Waals surface area (Å²) in [5.74, 6) is -0.165. The number of furan rings is 1. The van der Waals surface area contributed by atoms with Crippen molar-refractivity contribution in [3.05, 3.63) is 46.7 Å². The van der Waals surface area contributed by atoms with E-state index in [-0.39, 0.29) is 47.2 Å². The van der Waals surface area contributed by atoms with Crippen molar-refractivity contribution in [3.63, 3.8) is 0 Å². The molecule has 1 aromatic carbocycles. The highest BCUT2D eigenvalue weighted by molar-refractivity contribution is 6.02. The van der Waals surface area contributed by atoms with Gasteiger partial charge in [0.25, 0.3) is 0 Å². The number of carbonyl (C=O) groups excluding carboxylic acids is 3. The zero-order chi connectivity index (χ0) is 19.3. The minimum atomic E-state index is -0.479. The molecule has 0 aliphatic carbocycles. The lowest BCUT2D eigenvalue weighted by Gasteiger charge is -2.04. The summed E-state index contributed by atoms with van der Waals surface area (Å²) in [5, 5.41) is 11.7. The SMILES string of the molecule is COc1ccc(C(=O)CCC(=O)Nc2oc(C)c(C(C)=O)c2C#N)cc1. The standard InChI is InChI=1S/C19H18N2O5/c1-11(22)18-12(2)26-19(15(18)10-20)21-17(24)9-8-16(23)13-4-6-14(25-3)7-5-13/h4-7H,8-9H2,1-3H3,(H,21,24). The first-order valence-electron chi connectivity index (χ1n) is 7.89. The van der Waals surface area contributed by atoms with E-state index in [4.69, 9.17) is 9.15 Å². The Morgan fingerprint density at radius 1 is 1.19 bits per heavy atom. The second-order valence-electron chi connectivity index (χ2n) is 5.61. The molecule has 7 nitrogen and oxygen atoms in total. The van der Waals surface area contributed by atoms with Crippen molar-refractivity contribution in [2.75, 3.05) is 12.4 Å². The maximum Gasteiger partial charge on any atom is 0.227 e. The van der Waals surface area contributed by atoms with Crippen LogP contribution in [0.15, 0.2) is 28.7 Å². The number of nitrogens with zero attached hydrogens (tertiary/aromatic N) is 1. The Morgan fingerprint density at radius 3 is 2.38 bits per heavy atom. The fraction of sp³-hybridized carbons (Fsp3) is 0.263. The number of benzene rings is 1. The normalized spacial score (nSPS) is 10.1. The smallest absolute Gasteiger partial charge is 0.227 e. The van der Waals surface area contributed by atoms with Gasteiger partial charge in [-0.25, -0.2) is 0 Å². The second-order valence-corrected chi connectivity index (χ2v) is 5.61. The first-order valence-corrected chi connectivity index (χ1v) is 7.89. The molecule has 0 aliphatic heterocycles. The van der Waals surface area contributed by atoms with Crippen molar-refractivity contribution < 1.29 is 23.5 Å². The number of Topliss-reactive ketones (excluding diaryl/α,β-unsaturated/α-hetero) is 2. The predicted molar refractivity (Wildman–Crippen MR) is 93.4 cm³/mol. The summed E-state index contributed by atoms with van der Waals surface area (Å²) in [6, 6.07) is 8.46. The number of nitriles is 1. The summed E-state index contributed by atoms with van der Waals surface area (Å²) in [4.78, 5) is 35.8. The lowest BCUT2D eigenvalue weighted by molar-refractivity contribution is -0.116. The largest absolute Gasteiger partial charge is 0.497 e. The van der Waals surface area contributed by atoms with Crippen molar-refractivity contribution in [2.45, 2.75) is 26.7 Å². The van der Waals surface area contributed by atoms with E-state index in [1.165, 1.54) is 14.0 Å². The van der Waals surface area contributed by atoms with Gasteiger partial charge in [0.15, 0.2) is 11.6 Å². The lowest BCUT2D eigenvalue weighted by Crippen LogP contribution is -2.14. The van der Waals surface area contributed by atoms with Gasteiger partial charge in [0.2, 0.25) is 11.8 Å². The highest BCUT2D eigenvalue weighted by Gasteiger charge is 2.22. The average Bonchev–Trinajstić information content (AvgIpc) is 2.94. The third kappa shape index (κ3) is 4.16. The van der Waals surface area contributed by atoms with Gasteiger partial charge in [0.1, 0.15) is 23.1 Å². The zero-order valence-electron chi connectivity index (χ0n) is 14.7.